The predicted octanol–water partition coefficient (Wildman–Crippen LogP) is 2.84. The van der Waals surface area contributed by atoms with E-state index in [4.69, 9.17) is 11.6 Å². The van der Waals surface area contributed by atoms with Crippen LogP contribution in [0.3, 0.4) is 0 Å². The van der Waals surface area contributed by atoms with E-state index in [2.05, 4.69) is 10.2 Å². The number of hydrogen-bond donors (Lipinski definition) is 1. The summed E-state index contributed by atoms with van der Waals surface area (Å²) in [7, 11) is 0. The van der Waals surface area contributed by atoms with Gasteiger partial charge in [0.1, 0.15) is 5.69 Å². The number of hydrogen-bond acceptors (Lipinski definition) is 5. The highest BCUT2D eigenvalue weighted by Gasteiger charge is 2.36. The van der Waals surface area contributed by atoms with Crippen LogP contribution in [-0.4, -0.2) is 59.9 Å². The predicted molar refractivity (Wildman–Crippen MR) is 90.3 cm³/mol. The van der Waals surface area contributed by atoms with Crippen molar-refractivity contribution >= 4 is 28.9 Å². The van der Waals surface area contributed by atoms with Crippen molar-refractivity contribution in [2.45, 2.75) is 13.1 Å². The standard InChI is InChI=1S/C15H18ClF3N4O3/c1-10(24)22-6-4-21(5-7-22)3-2-20-13-9-12(16)11(15(17,18)19)8-14(13)23(25)26/h8-9,20H,2-7H2,1H3. The van der Waals surface area contributed by atoms with E-state index in [1.54, 1.807) is 4.90 Å². The van der Waals surface area contributed by atoms with Crippen LogP contribution in [0.5, 0.6) is 0 Å². The monoisotopic (exact) mass is 394 g/mol. The first-order valence-corrected chi connectivity index (χ1v) is 8.24. The van der Waals surface area contributed by atoms with E-state index in [0.29, 0.717) is 45.3 Å². The van der Waals surface area contributed by atoms with Crippen molar-refractivity contribution in [1.82, 2.24) is 9.80 Å². The molecule has 1 aromatic rings. The van der Waals surface area contributed by atoms with Gasteiger partial charge >= 0.3 is 6.18 Å². The lowest BCUT2D eigenvalue weighted by Gasteiger charge is -2.34. The normalized spacial score (nSPS) is 15.8. The Morgan fingerprint density at radius 3 is 2.42 bits per heavy atom. The zero-order valence-corrected chi connectivity index (χ0v) is 14.7. The molecule has 1 N–H and O–H groups in total. The number of benzene rings is 1. The van der Waals surface area contributed by atoms with E-state index in [0.717, 1.165) is 6.07 Å². The molecule has 1 aliphatic rings. The van der Waals surface area contributed by atoms with Crippen molar-refractivity contribution in [3.8, 4) is 0 Å². The number of nitrogens with one attached hydrogen (secondary N) is 1. The van der Waals surface area contributed by atoms with Crippen LogP contribution < -0.4 is 5.32 Å². The van der Waals surface area contributed by atoms with Crippen molar-refractivity contribution in [2.75, 3.05) is 44.6 Å². The van der Waals surface area contributed by atoms with Gasteiger partial charge < -0.3 is 10.2 Å². The van der Waals surface area contributed by atoms with Gasteiger partial charge in [0.2, 0.25) is 5.91 Å². The van der Waals surface area contributed by atoms with E-state index in [9.17, 15) is 28.1 Å². The first kappa shape index (κ1) is 20.2. The molecule has 0 aromatic heterocycles. The summed E-state index contributed by atoms with van der Waals surface area (Å²) in [6, 6.07) is 1.37. The molecule has 0 spiro atoms. The second-order valence-corrected chi connectivity index (χ2v) is 6.29. The summed E-state index contributed by atoms with van der Waals surface area (Å²) in [5.74, 6) is 0.0118. The third kappa shape index (κ3) is 4.98. The molecular formula is C15H18ClF3N4O3. The fourth-order valence-corrected chi connectivity index (χ4v) is 2.98. The van der Waals surface area contributed by atoms with E-state index in [1.165, 1.54) is 6.92 Å². The fraction of sp³-hybridized carbons (Fsp3) is 0.533. The van der Waals surface area contributed by atoms with Crippen LogP contribution in [0, 0.1) is 10.1 Å². The van der Waals surface area contributed by atoms with Crippen molar-refractivity contribution in [3.63, 3.8) is 0 Å². The minimum Gasteiger partial charge on any atom is -0.378 e. The maximum absolute atomic E-state index is 12.8. The quantitative estimate of drug-likeness (QED) is 0.613. The molecule has 1 fully saturated rings. The Kier molecular flexibility index (Phi) is 6.30. The third-order valence-electron chi connectivity index (χ3n) is 4.15. The largest absolute Gasteiger partial charge is 0.418 e. The number of nitro groups is 1. The molecule has 0 aliphatic carbocycles. The Balaban J connectivity index is 2.00. The summed E-state index contributed by atoms with van der Waals surface area (Å²) >= 11 is 5.63. The first-order chi connectivity index (χ1) is 12.1. The average Bonchev–Trinajstić information content (AvgIpc) is 2.54. The van der Waals surface area contributed by atoms with Crippen molar-refractivity contribution < 1.29 is 22.9 Å². The summed E-state index contributed by atoms with van der Waals surface area (Å²) in [6.07, 6.45) is -4.77. The number of nitro benzene ring substituents is 1. The topological polar surface area (TPSA) is 78.7 Å². The smallest absolute Gasteiger partial charge is 0.378 e. The SMILES string of the molecule is CC(=O)N1CCN(CCNc2cc(Cl)c(C(F)(F)F)cc2[N+](=O)[O-])CC1. The molecule has 11 heteroatoms. The number of anilines is 1. The maximum atomic E-state index is 12.8. The molecule has 1 saturated heterocycles. The number of carbonyl (C=O) groups is 1. The Labute approximate surface area is 152 Å². The molecule has 2 rings (SSSR count). The fourth-order valence-electron chi connectivity index (χ4n) is 2.71. The van der Waals surface area contributed by atoms with Crippen LogP contribution in [0.15, 0.2) is 12.1 Å². The van der Waals surface area contributed by atoms with Crippen LogP contribution in [0.4, 0.5) is 24.5 Å². The van der Waals surface area contributed by atoms with Gasteiger partial charge in [0.05, 0.1) is 15.5 Å². The van der Waals surface area contributed by atoms with Gasteiger partial charge in [-0.3, -0.25) is 19.8 Å². The molecule has 1 amide bonds. The third-order valence-corrected chi connectivity index (χ3v) is 4.46. The van der Waals surface area contributed by atoms with Gasteiger partial charge in [0.25, 0.3) is 5.69 Å². The van der Waals surface area contributed by atoms with Crippen molar-refractivity contribution in [3.05, 3.63) is 32.8 Å². The van der Waals surface area contributed by atoms with Crippen LogP contribution >= 0.6 is 11.6 Å². The van der Waals surface area contributed by atoms with Crippen LogP contribution in [0.25, 0.3) is 0 Å². The lowest BCUT2D eigenvalue weighted by Crippen LogP contribution is -2.49. The Hall–Kier alpha value is -2.07. The zero-order valence-electron chi connectivity index (χ0n) is 14.0. The van der Waals surface area contributed by atoms with E-state index in [1.807, 2.05) is 0 Å². The van der Waals surface area contributed by atoms with Crippen molar-refractivity contribution in [2.24, 2.45) is 0 Å². The summed E-state index contributed by atoms with van der Waals surface area (Å²) in [5, 5.41) is 13.3. The molecule has 0 saturated carbocycles. The molecule has 1 aromatic carbocycles. The maximum Gasteiger partial charge on any atom is 0.418 e. The second-order valence-electron chi connectivity index (χ2n) is 5.88. The van der Waals surface area contributed by atoms with Gasteiger partial charge in [-0.2, -0.15) is 13.2 Å². The molecule has 26 heavy (non-hydrogen) atoms. The molecule has 1 aliphatic heterocycles. The number of rotatable bonds is 5. The number of carbonyl (C=O) groups excluding carboxylic acids is 1. The lowest BCUT2D eigenvalue weighted by molar-refractivity contribution is -0.384. The van der Waals surface area contributed by atoms with Gasteiger partial charge in [0, 0.05) is 52.3 Å². The van der Waals surface area contributed by atoms with Gasteiger partial charge in [-0.25, -0.2) is 0 Å². The van der Waals surface area contributed by atoms with Gasteiger partial charge in [0.15, 0.2) is 0 Å². The summed E-state index contributed by atoms with van der Waals surface area (Å²) in [4.78, 5) is 25.3. The summed E-state index contributed by atoms with van der Waals surface area (Å²) in [6.45, 7) is 4.85. The highest BCUT2D eigenvalue weighted by molar-refractivity contribution is 6.31. The minimum absolute atomic E-state index is 0.0118. The number of halogens is 4. The summed E-state index contributed by atoms with van der Waals surface area (Å²) in [5.41, 5.74) is -1.98. The zero-order chi connectivity index (χ0) is 19.5. The van der Waals surface area contributed by atoms with Crippen LogP contribution in [0.1, 0.15) is 12.5 Å². The number of amides is 1. The Bertz CT molecular complexity index is 691. The highest BCUT2D eigenvalue weighted by atomic mass is 35.5. The molecule has 0 unspecified atom stereocenters. The molecule has 1 heterocycles. The average molecular weight is 395 g/mol. The Morgan fingerprint density at radius 1 is 1.31 bits per heavy atom. The molecule has 0 bridgehead atoms. The van der Waals surface area contributed by atoms with Gasteiger partial charge in [-0.05, 0) is 6.07 Å². The molecular weight excluding hydrogens is 377 g/mol. The number of nitrogens with zero attached hydrogens (tertiary/aromatic N) is 3. The molecule has 7 nitrogen and oxygen atoms in total. The number of piperazine rings is 1. The lowest BCUT2D eigenvalue weighted by atomic mass is 10.1. The highest BCUT2D eigenvalue weighted by Crippen LogP contribution is 2.40. The van der Waals surface area contributed by atoms with E-state index >= 15 is 0 Å². The number of alkyl halides is 3. The molecule has 0 atom stereocenters. The first-order valence-electron chi connectivity index (χ1n) is 7.86. The Morgan fingerprint density at radius 2 is 1.92 bits per heavy atom. The minimum atomic E-state index is -4.77. The van der Waals surface area contributed by atoms with E-state index in [-0.39, 0.29) is 11.6 Å². The van der Waals surface area contributed by atoms with Crippen LogP contribution in [0.2, 0.25) is 5.02 Å². The van der Waals surface area contributed by atoms with Gasteiger partial charge in [-0.15, -0.1) is 0 Å². The molecule has 0 radical (unpaired) electrons. The molecule has 144 valence electrons. The summed E-state index contributed by atoms with van der Waals surface area (Å²) < 4.78 is 38.5. The van der Waals surface area contributed by atoms with Crippen LogP contribution in [-0.2, 0) is 11.0 Å². The van der Waals surface area contributed by atoms with E-state index < -0.39 is 27.4 Å². The van der Waals surface area contributed by atoms with Gasteiger partial charge in [-0.1, -0.05) is 11.6 Å². The van der Waals surface area contributed by atoms with Crippen molar-refractivity contribution in [1.29, 1.82) is 0 Å². The second kappa shape index (κ2) is 8.09.